The molecule has 0 aromatic carbocycles. The van der Waals surface area contributed by atoms with Crippen molar-refractivity contribution < 1.29 is 14.6 Å². The predicted molar refractivity (Wildman–Crippen MR) is 73.2 cm³/mol. The molecule has 2 atom stereocenters. The van der Waals surface area contributed by atoms with Crippen LogP contribution in [0.4, 0.5) is 4.79 Å². The molecule has 0 saturated carbocycles. The van der Waals surface area contributed by atoms with Crippen LogP contribution in [-0.4, -0.2) is 45.7 Å². The van der Waals surface area contributed by atoms with Crippen LogP contribution < -0.4 is 0 Å². The molecule has 0 aliphatic carbocycles. The van der Waals surface area contributed by atoms with Gasteiger partial charge >= 0.3 is 6.09 Å². The van der Waals surface area contributed by atoms with E-state index in [0.29, 0.717) is 17.9 Å². The lowest BCUT2D eigenvalue weighted by Gasteiger charge is -2.39. The fraction of sp³-hybridized carbons (Fsp3) is 0.923. The second kappa shape index (κ2) is 4.67. The Hall–Kier alpha value is -0.290. The Labute approximate surface area is 117 Å². The van der Waals surface area contributed by atoms with Crippen molar-refractivity contribution in [3.8, 4) is 0 Å². The molecule has 2 saturated heterocycles. The molecule has 1 N–H and O–H groups in total. The van der Waals surface area contributed by atoms with E-state index in [9.17, 15) is 4.79 Å². The molecule has 2 aliphatic rings. The molecule has 2 rings (SSSR count). The molecule has 2 unspecified atom stereocenters. The van der Waals surface area contributed by atoms with E-state index in [-0.39, 0.29) is 17.1 Å². The average Bonchev–Trinajstić information content (AvgIpc) is 2.56. The summed E-state index contributed by atoms with van der Waals surface area (Å²) in [5, 5.41) is 8.98. The van der Waals surface area contributed by atoms with E-state index in [4.69, 9.17) is 9.84 Å². The number of hydrogen-bond donors (Lipinski definition) is 1. The Morgan fingerprint density at radius 3 is 2.33 bits per heavy atom. The number of nitrogens with zero attached hydrogens (tertiary/aromatic N) is 1. The number of carboxylic acid groups (broad SMARTS) is 1. The summed E-state index contributed by atoms with van der Waals surface area (Å²) in [6.45, 7) is 7.75. The van der Waals surface area contributed by atoms with Gasteiger partial charge in [-0.3, -0.25) is 0 Å². The smallest absolute Gasteiger partial charge is 0.407 e. The van der Waals surface area contributed by atoms with Gasteiger partial charge in [0.2, 0.25) is 0 Å². The molecular weight excluding hydrogens is 298 g/mol. The summed E-state index contributed by atoms with van der Waals surface area (Å²) >= 11 is 3.74. The SMILES string of the molecule is CC(C)(C)C1OC2(CCN(C(=O)O)CC2)CC1Br. The fourth-order valence-corrected chi connectivity index (χ4v) is 4.49. The Morgan fingerprint density at radius 2 is 1.94 bits per heavy atom. The molecule has 0 aromatic heterocycles. The van der Waals surface area contributed by atoms with E-state index in [1.165, 1.54) is 4.90 Å². The third-order valence-electron chi connectivity index (χ3n) is 4.07. The second-order valence-corrected chi connectivity index (χ2v) is 7.75. The Balaban J connectivity index is 2.02. The van der Waals surface area contributed by atoms with Crippen molar-refractivity contribution in [2.75, 3.05) is 13.1 Å². The van der Waals surface area contributed by atoms with Gasteiger partial charge in [0.15, 0.2) is 0 Å². The van der Waals surface area contributed by atoms with Gasteiger partial charge in [0.05, 0.1) is 11.7 Å². The fourth-order valence-electron chi connectivity index (χ4n) is 3.00. The summed E-state index contributed by atoms with van der Waals surface area (Å²) in [6.07, 6.45) is 2.00. The highest BCUT2D eigenvalue weighted by molar-refractivity contribution is 9.09. The molecule has 2 heterocycles. The van der Waals surface area contributed by atoms with Gasteiger partial charge in [0, 0.05) is 17.9 Å². The second-order valence-electron chi connectivity index (χ2n) is 6.58. The van der Waals surface area contributed by atoms with Gasteiger partial charge in [0.1, 0.15) is 0 Å². The number of hydrogen-bond acceptors (Lipinski definition) is 2. The van der Waals surface area contributed by atoms with Crippen molar-refractivity contribution in [2.24, 2.45) is 5.41 Å². The number of alkyl halides is 1. The van der Waals surface area contributed by atoms with Gasteiger partial charge in [-0.2, -0.15) is 0 Å². The van der Waals surface area contributed by atoms with Crippen LogP contribution in [0.1, 0.15) is 40.0 Å². The minimum Gasteiger partial charge on any atom is -0.465 e. The summed E-state index contributed by atoms with van der Waals surface area (Å²) in [5.74, 6) is 0. The summed E-state index contributed by atoms with van der Waals surface area (Å²) < 4.78 is 6.33. The molecule has 0 bridgehead atoms. The Kier molecular flexibility index (Phi) is 3.67. The molecule has 1 amide bonds. The van der Waals surface area contributed by atoms with Gasteiger partial charge < -0.3 is 14.7 Å². The predicted octanol–water partition coefficient (Wildman–Crippen LogP) is 3.10. The van der Waals surface area contributed by atoms with Crippen LogP contribution in [0.3, 0.4) is 0 Å². The third kappa shape index (κ3) is 2.67. The first kappa shape index (κ1) is 14.1. The molecule has 5 heteroatoms. The monoisotopic (exact) mass is 319 g/mol. The minimum absolute atomic E-state index is 0.113. The molecule has 4 nitrogen and oxygen atoms in total. The van der Waals surface area contributed by atoms with Crippen molar-refractivity contribution in [1.29, 1.82) is 0 Å². The molecule has 104 valence electrons. The van der Waals surface area contributed by atoms with Crippen LogP contribution >= 0.6 is 15.9 Å². The quantitative estimate of drug-likeness (QED) is 0.698. The van der Waals surface area contributed by atoms with Crippen LogP contribution in [0.15, 0.2) is 0 Å². The molecule has 0 aromatic rings. The lowest BCUT2D eigenvalue weighted by Crippen LogP contribution is -2.46. The van der Waals surface area contributed by atoms with Crippen LogP contribution in [0, 0.1) is 5.41 Å². The topological polar surface area (TPSA) is 49.8 Å². The molecule has 2 fully saturated rings. The van der Waals surface area contributed by atoms with Crippen molar-refractivity contribution in [2.45, 2.75) is 56.6 Å². The van der Waals surface area contributed by atoms with Gasteiger partial charge in [-0.05, 0) is 24.7 Å². The molecular formula is C13H22BrNO3. The first-order chi connectivity index (χ1) is 8.23. The van der Waals surface area contributed by atoms with E-state index in [2.05, 4.69) is 36.7 Å². The van der Waals surface area contributed by atoms with E-state index in [1.54, 1.807) is 0 Å². The molecule has 1 spiro atoms. The maximum absolute atomic E-state index is 10.9. The zero-order chi connectivity index (χ0) is 13.6. The third-order valence-corrected chi connectivity index (χ3v) is 4.88. The number of rotatable bonds is 0. The number of carbonyl (C=O) groups is 1. The van der Waals surface area contributed by atoms with Crippen LogP contribution in [0.5, 0.6) is 0 Å². The van der Waals surface area contributed by atoms with Crippen LogP contribution in [-0.2, 0) is 4.74 Å². The first-order valence-corrected chi connectivity index (χ1v) is 7.45. The Bertz CT molecular complexity index is 332. The van der Waals surface area contributed by atoms with E-state index < -0.39 is 6.09 Å². The summed E-state index contributed by atoms with van der Waals surface area (Å²) in [7, 11) is 0. The van der Waals surface area contributed by atoms with Gasteiger partial charge in [0.25, 0.3) is 0 Å². The van der Waals surface area contributed by atoms with Crippen LogP contribution in [0.2, 0.25) is 0 Å². The standard InChI is InChI=1S/C13H22BrNO3/c1-12(2,3)10-9(14)8-13(18-10)4-6-15(7-5-13)11(16)17/h9-10H,4-8H2,1-3H3,(H,16,17). The van der Waals surface area contributed by atoms with Crippen molar-refractivity contribution >= 4 is 22.0 Å². The number of ether oxygens (including phenoxy) is 1. The van der Waals surface area contributed by atoms with Crippen molar-refractivity contribution in [1.82, 2.24) is 4.90 Å². The summed E-state index contributed by atoms with van der Waals surface area (Å²) in [5.41, 5.74) is -0.000335. The van der Waals surface area contributed by atoms with Gasteiger partial charge in [-0.25, -0.2) is 4.79 Å². The number of piperidine rings is 1. The highest BCUT2D eigenvalue weighted by Gasteiger charge is 2.50. The largest absolute Gasteiger partial charge is 0.465 e. The number of likely N-dealkylation sites (tertiary alicyclic amines) is 1. The molecule has 2 aliphatic heterocycles. The summed E-state index contributed by atoms with van der Waals surface area (Å²) in [4.78, 5) is 12.8. The van der Waals surface area contributed by atoms with Crippen molar-refractivity contribution in [3.63, 3.8) is 0 Å². The minimum atomic E-state index is -0.814. The number of amides is 1. The maximum Gasteiger partial charge on any atom is 0.407 e. The molecule has 18 heavy (non-hydrogen) atoms. The lowest BCUT2D eigenvalue weighted by atomic mass is 9.85. The van der Waals surface area contributed by atoms with E-state index in [0.717, 1.165) is 19.3 Å². The van der Waals surface area contributed by atoms with E-state index >= 15 is 0 Å². The van der Waals surface area contributed by atoms with E-state index in [1.807, 2.05) is 0 Å². The first-order valence-electron chi connectivity index (χ1n) is 6.53. The highest BCUT2D eigenvalue weighted by Crippen LogP contribution is 2.46. The van der Waals surface area contributed by atoms with Gasteiger partial charge in [-0.1, -0.05) is 36.7 Å². The average molecular weight is 320 g/mol. The highest BCUT2D eigenvalue weighted by atomic mass is 79.9. The Morgan fingerprint density at radius 1 is 1.39 bits per heavy atom. The zero-order valence-electron chi connectivity index (χ0n) is 11.3. The maximum atomic E-state index is 10.9. The molecule has 0 radical (unpaired) electrons. The van der Waals surface area contributed by atoms with Gasteiger partial charge in [-0.15, -0.1) is 0 Å². The normalized spacial score (nSPS) is 31.9. The van der Waals surface area contributed by atoms with Crippen LogP contribution in [0.25, 0.3) is 0 Å². The lowest BCUT2D eigenvalue weighted by molar-refractivity contribution is -0.103. The zero-order valence-corrected chi connectivity index (χ0v) is 12.9. The van der Waals surface area contributed by atoms with Crippen molar-refractivity contribution in [3.05, 3.63) is 0 Å². The summed E-state index contributed by atoms with van der Waals surface area (Å²) in [6, 6.07) is 0. The number of halogens is 1.